The minimum Gasteiger partial charge on any atom is -0.461 e. The number of aliphatic hydroxyl groups is 1. The Balaban J connectivity index is 2.18. The Hall–Kier alpha value is -1.67. The summed E-state index contributed by atoms with van der Waals surface area (Å²) in [5.41, 5.74) is 2.38. The third kappa shape index (κ3) is 2.92. The van der Waals surface area contributed by atoms with Gasteiger partial charge >= 0.3 is 6.01 Å². The molecule has 0 aromatic carbocycles. The maximum Gasteiger partial charge on any atom is 0.323 e. The summed E-state index contributed by atoms with van der Waals surface area (Å²) in [5.74, 6) is 6.10. The van der Waals surface area contributed by atoms with E-state index in [1.165, 1.54) is 0 Å². The number of rotatable bonds is 5. The maximum absolute atomic E-state index is 8.69. The summed E-state index contributed by atoms with van der Waals surface area (Å²) >= 11 is 0. The van der Waals surface area contributed by atoms with Gasteiger partial charge in [0.2, 0.25) is 11.9 Å². The molecule has 0 saturated carbocycles. The highest BCUT2D eigenvalue weighted by molar-refractivity contribution is 5.38. The van der Waals surface area contributed by atoms with Crippen LogP contribution in [0.15, 0.2) is 0 Å². The number of ether oxygens (including phenoxy) is 1. The van der Waals surface area contributed by atoms with Gasteiger partial charge in [-0.2, -0.15) is 15.0 Å². The first kappa shape index (κ1) is 11.8. The normalized spacial score (nSPS) is 15.1. The first-order chi connectivity index (χ1) is 8.33. The Morgan fingerprint density at radius 2 is 2.06 bits per heavy atom. The average Bonchev–Trinajstić information content (AvgIpc) is 2.89. The predicted octanol–water partition coefficient (Wildman–Crippen LogP) is -0.872. The van der Waals surface area contributed by atoms with Crippen LogP contribution in [0, 0.1) is 0 Å². The largest absolute Gasteiger partial charge is 0.461 e. The van der Waals surface area contributed by atoms with Crippen molar-refractivity contribution >= 4 is 11.9 Å². The molecule has 1 aliphatic heterocycles. The number of aromatic nitrogens is 3. The number of hydrazine groups is 1. The maximum atomic E-state index is 8.69. The van der Waals surface area contributed by atoms with Crippen molar-refractivity contribution in [3.05, 3.63) is 0 Å². The molecule has 0 amide bonds. The molecule has 2 rings (SSSR count). The van der Waals surface area contributed by atoms with Crippen LogP contribution in [0.25, 0.3) is 0 Å². The number of hydrogen-bond donors (Lipinski definition) is 3. The zero-order chi connectivity index (χ0) is 12.1. The zero-order valence-electron chi connectivity index (χ0n) is 9.46. The smallest absolute Gasteiger partial charge is 0.323 e. The lowest BCUT2D eigenvalue weighted by Gasteiger charge is -2.16. The molecule has 0 unspecified atom stereocenters. The van der Waals surface area contributed by atoms with E-state index in [1.54, 1.807) is 0 Å². The number of nitrogens with one attached hydrogen (secondary N) is 1. The van der Waals surface area contributed by atoms with E-state index in [0.717, 1.165) is 25.9 Å². The fourth-order valence-corrected chi connectivity index (χ4v) is 1.67. The minimum atomic E-state index is -0.0872. The molecular formula is C9H16N6O2. The molecule has 4 N–H and O–H groups in total. The van der Waals surface area contributed by atoms with E-state index in [1.807, 2.05) is 4.90 Å². The molecule has 8 nitrogen and oxygen atoms in total. The molecule has 1 aromatic rings. The fraction of sp³-hybridized carbons (Fsp3) is 0.667. The first-order valence-electron chi connectivity index (χ1n) is 5.55. The summed E-state index contributed by atoms with van der Waals surface area (Å²) in [5, 5.41) is 8.69. The van der Waals surface area contributed by atoms with E-state index in [4.69, 9.17) is 15.7 Å². The Morgan fingerprint density at radius 1 is 1.29 bits per heavy atom. The molecule has 1 aliphatic rings. The summed E-state index contributed by atoms with van der Waals surface area (Å²) in [7, 11) is 0. The van der Waals surface area contributed by atoms with Gasteiger partial charge in [-0.3, -0.25) is 5.43 Å². The van der Waals surface area contributed by atoms with Crippen LogP contribution in [0.5, 0.6) is 6.01 Å². The van der Waals surface area contributed by atoms with Crippen LogP contribution >= 0.6 is 0 Å². The van der Waals surface area contributed by atoms with E-state index in [2.05, 4.69) is 20.4 Å². The van der Waals surface area contributed by atoms with Crippen molar-refractivity contribution in [3.8, 4) is 6.01 Å². The number of nitrogens with zero attached hydrogens (tertiary/aromatic N) is 4. The number of aliphatic hydroxyl groups excluding tert-OH is 1. The molecule has 2 heterocycles. The summed E-state index contributed by atoms with van der Waals surface area (Å²) in [6.07, 6.45) is 2.26. The molecule has 8 heteroatoms. The second kappa shape index (κ2) is 5.60. The number of nitrogen functional groups attached to an aromatic ring is 1. The molecule has 94 valence electrons. The Labute approximate surface area is 98.8 Å². The SMILES string of the molecule is NNc1nc(OCCO)nc(N2CCCC2)n1. The van der Waals surface area contributed by atoms with Gasteiger partial charge in [0.25, 0.3) is 0 Å². The predicted molar refractivity (Wildman–Crippen MR) is 61.7 cm³/mol. The number of nitrogens with two attached hydrogens (primary N) is 1. The second-order valence-electron chi connectivity index (χ2n) is 3.65. The molecule has 1 aromatic heterocycles. The first-order valence-corrected chi connectivity index (χ1v) is 5.55. The lowest BCUT2D eigenvalue weighted by atomic mass is 10.4. The van der Waals surface area contributed by atoms with E-state index >= 15 is 0 Å². The van der Waals surface area contributed by atoms with Crippen molar-refractivity contribution < 1.29 is 9.84 Å². The number of hydrogen-bond acceptors (Lipinski definition) is 8. The van der Waals surface area contributed by atoms with Crippen molar-refractivity contribution in [2.24, 2.45) is 5.84 Å². The molecule has 0 atom stereocenters. The molecule has 17 heavy (non-hydrogen) atoms. The average molecular weight is 240 g/mol. The second-order valence-corrected chi connectivity index (χ2v) is 3.65. The quantitative estimate of drug-likeness (QED) is 0.450. The zero-order valence-corrected chi connectivity index (χ0v) is 9.46. The van der Waals surface area contributed by atoms with Gasteiger partial charge in [-0.1, -0.05) is 0 Å². The lowest BCUT2D eigenvalue weighted by Crippen LogP contribution is -2.23. The summed E-state index contributed by atoms with van der Waals surface area (Å²) in [4.78, 5) is 14.3. The van der Waals surface area contributed by atoms with Gasteiger partial charge in [-0.05, 0) is 12.8 Å². The topological polar surface area (TPSA) is 109 Å². The molecule has 0 bridgehead atoms. The summed E-state index contributed by atoms with van der Waals surface area (Å²) in [6.45, 7) is 1.91. The molecule has 0 aliphatic carbocycles. The van der Waals surface area contributed by atoms with Crippen molar-refractivity contribution in [1.29, 1.82) is 0 Å². The number of anilines is 2. The Bertz CT molecular complexity index is 369. The molecular weight excluding hydrogens is 224 g/mol. The van der Waals surface area contributed by atoms with Crippen molar-refractivity contribution in [3.63, 3.8) is 0 Å². The van der Waals surface area contributed by atoms with Crippen molar-refractivity contribution in [2.45, 2.75) is 12.8 Å². The molecule has 1 fully saturated rings. The molecule has 0 radical (unpaired) electrons. The van der Waals surface area contributed by atoms with E-state index in [9.17, 15) is 0 Å². The van der Waals surface area contributed by atoms with Gasteiger partial charge in [0.05, 0.1) is 6.61 Å². The Morgan fingerprint density at radius 3 is 2.71 bits per heavy atom. The van der Waals surface area contributed by atoms with Gasteiger partial charge in [0.1, 0.15) is 6.61 Å². The van der Waals surface area contributed by atoms with Crippen LogP contribution in [0.3, 0.4) is 0 Å². The van der Waals surface area contributed by atoms with Crippen LogP contribution in [-0.4, -0.2) is 46.4 Å². The lowest BCUT2D eigenvalue weighted by molar-refractivity contribution is 0.191. The standard InChI is InChI=1S/C9H16N6O2/c10-14-7-11-8(15-3-1-2-4-15)13-9(12-7)17-6-5-16/h16H,1-6,10H2,(H,11,12,13,14). The van der Waals surface area contributed by atoms with Crippen LogP contribution in [-0.2, 0) is 0 Å². The van der Waals surface area contributed by atoms with E-state index in [0.29, 0.717) is 5.95 Å². The van der Waals surface area contributed by atoms with Gasteiger partial charge in [-0.25, -0.2) is 5.84 Å². The van der Waals surface area contributed by atoms with Crippen LogP contribution < -0.4 is 20.9 Å². The van der Waals surface area contributed by atoms with Crippen molar-refractivity contribution in [2.75, 3.05) is 36.6 Å². The third-order valence-electron chi connectivity index (χ3n) is 2.44. The van der Waals surface area contributed by atoms with Gasteiger partial charge in [0.15, 0.2) is 0 Å². The third-order valence-corrected chi connectivity index (χ3v) is 2.44. The van der Waals surface area contributed by atoms with Gasteiger partial charge in [-0.15, -0.1) is 0 Å². The highest BCUT2D eigenvalue weighted by Crippen LogP contribution is 2.18. The van der Waals surface area contributed by atoms with E-state index < -0.39 is 0 Å². The van der Waals surface area contributed by atoms with Crippen LogP contribution in [0.1, 0.15) is 12.8 Å². The van der Waals surface area contributed by atoms with E-state index in [-0.39, 0.29) is 25.2 Å². The molecule has 1 saturated heterocycles. The summed E-state index contributed by atoms with van der Waals surface area (Å²) in [6, 6.07) is 0.170. The van der Waals surface area contributed by atoms with Gasteiger partial charge in [0, 0.05) is 13.1 Å². The summed E-state index contributed by atoms with van der Waals surface area (Å²) < 4.78 is 5.16. The highest BCUT2D eigenvalue weighted by Gasteiger charge is 2.17. The monoisotopic (exact) mass is 240 g/mol. The fourth-order valence-electron chi connectivity index (χ4n) is 1.67. The van der Waals surface area contributed by atoms with Crippen LogP contribution in [0.2, 0.25) is 0 Å². The van der Waals surface area contributed by atoms with Gasteiger partial charge < -0.3 is 14.7 Å². The van der Waals surface area contributed by atoms with Crippen molar-refractivity contribution in [1.82, 2.24) is 15.0 Å². The molecule has 0 spiro atoms. The minimum absolute atomic E-state index is 0.0872. The Kier molecular flexibility index (Phi) is 3.89. The van der Waals surface area contributed by atoms with Crippen LogP contribution in [0.4, 0.5) is 11.9 Å². The highest BCUT2D eigenvalue weighted by atomic mass is 16.5.